The summed E-state index contributed by atoms with van der Waals surface area (Å²) in [6.45, 7) is 3.89. The Hall–Kier alpha value is -1.89. The van der Waals surface area contributed by atoms with Crippen LogP contribution in [0.3, 0.4) is 0 Å². The molecular formula is C13H18N2O4S. The molecule has 20 heavy (non-hydrogen) atoms. The predicted molar refractivity (Wildman–Crippen MR) is 75.5 cm³/mol. The van der Waals surface area contributed by atoms with Crippen LogP contribution in [0.5, 0.6) is 0 Å². The molecule has 7 heteroatoms. The highest BCUT2D eigenvalue weighted by Gasteiger charge is 2.17. The lowest BCUT2D eigenvalue weighted by molar-refractivity contribution is -0.148. The summed E-state index contributed by atoms with van der Waals surface area (Å²) in [6, 6.07) is 3.45. The number of amides is 2. The summed E-state index contributed by atoms with van der Waals surface area (Å²) in [4.78, 5) is 36.8. The van der Waals surface area contributed by atoms with Gasteiger partial charge in [0.15, 0.2) is 0 Å². The second kappa shape index (κ2) is 8.31. The second-order valence-electron chi connectivity index (χ2n) is 3.87. The van der Waals surface area contributed by atoms with Crippen LogP contribution in [-0.4, -0.2) is 48.9 Å². The van der Waals surface area contributed by atoms with E-state index >= 15 is 0 Å². The number of ether oxygens (including phenoxy) is 1. The normalized spacial score (nSPS) is 9.90. The molecule has 1 aromatic heterocycles. The number of carbonyl (C=O) groups is 3. The number of hydrogen-bond acceptors (Lipinski definition) is 5. The van der Waals surface area contributed by atoms with Crippen molar-refractivity contribution < 1.29 is 19.1 Å². The Morgan fingerprint density at radius 3 is 2.65 bits per heavy atom. The molecule has 110 valence electrons. The van der Waals surface area contributed by atoms with Crippen molar-refractivity contribution in [2.24, 2.45) is 0 Å². The van der Waals surface area contributed by atoms with Crippen LogP contribution >= 0.6 is 11.3 Å². The van der Waals surface area contributed by atoms with E-state index in [1.54, 1.807) is 31.4 Å². The van der Waals surface area contributed by atoms with Gasteiger partial charge in [-0.3, -0.25) is 14.4 Å². The zero-order chi connectivity index (χ0) is 15.0. The Labute approximate surface area is 121 Å². The first kappa shape index (κ1) is 16.2. The summed E-state index contributed by atoms with van der Waals surface area (Å²) in [7, 11) is 0. The van der Waals surface area contributed by atoms with Gasteiger partial charge in [0.05, 0.1) is 18.0 Å². The molecule has 0 saturated carbocycles. The van der Waals surface area contributed by atoms with Crippen molar-refractivity contribution in [2.75, 3.05) is 26.2 Å². The average Bonchev–Trinajstić information content (AvgIpc) is 2.96. The molecule has 0 radical (unpaired) electrons. The molecule has 0 unspecified atom stereocenters. The van der Waals surface area contributed by atoms with Gasteiger partial charge < -0.3 is 15.0 Å². The van der Waals surface area contributed by atoms with Gasteiger partial charge in [-0.2, -0.15) is 0 Å². The highest BCUT2D eigenvalue weighted by Crippen LogP contribution is 2.07. The third kappa shape index (κ3) is 5.00. The summed E-state index contributed by atoms with van der Waals surface area (Å²) in [5.74, 6) is -1.06. The highest BCUT2D eigenvalue weighted by molar-refractivity contribution is 7.12. The molecule has 1 rings (SSSR count). The van der Waals surface area contributed by atoms with E-state index in [1.807, 2.05) is 0 Å². The van der Waals surface area contributed by atoms with E-state index in [-0.39, 0.29) is 31.5 Å². The van der Waals surface area contributed by atoms with E-state index in [9.17, 15) is 14.4 Å². The van der Waals surface area contributed by atoms with Crippen molar-refractivity contribution in [2.45, 2.75) is 13.8 Å². The lowest BCUT2D eigenvalue weighted by atomic mass is 10.4. The van der Waals surface area contributed by atoms with Gasteiger partial charge in [-0.15, -0.1) is 11.3 Å². The Morgan fingerprint density at radius 2 is 2.10 bits per heavy atom. The third-order valence-corrected chi connectivity index (χ3v) is 3.37. The smallest absolute Gasteiger partial charge is 0.325 e. The van der Waals surface area contributed by atoms with Gasteiger partial charge in [0, 0.05) is 6.54 Å². The number of nitrogens with zero attached hydrogens (tertiary/aromatic N) is 1. The molecule has 0 bridgehead atoms. The van der Waals surface area contributed by atoms with Gasteiger partial charge in [0.25, 0.3) is 5.91 Å². The maximum absolute atomic E-state index is 11.9. The molecule has 0 saturated heterocycles. The number of hydrogen-bond donors (Lipinski definition) is 1. The summed E-state index contributed by atoms with van der Waals surface area (Å²) < 4.78 is 4.79. The lowest BCUT2D eigenvalue weighted by Crippen LogP contribution is -2.42. The minimum atomic E-state index is -0.452. The minimum absolute atomic E-state index is 0.0992. The van der Waals surface area contributed by atoms with Crippen LogP contribution in [0.2, 0.25) is 0 Å². The topological polar surface area (TPSA) is 75.7 Å². The summed E-state index contributed by atoms with van der Waals surface area (Å²) in [6.07, 6.45) is 0. The molecular weight excluding hydrogens is 280 g/mol. The van der Waals surface area contributed by atoms with Crippen LogP contribution in [0.4, 0.5) is 0 Å². The summed E-state index contributed by atoms with van der Waals surface area (Å²) in [5, 5.41) is 4.32. The molecule has 1 aromatic rings. The monoisotopic (exact) mass is 298 g/mol. The zero-order valence-corrected chi connectivity index (χ0v) is 12.4. The largest absolute Gasteiger partial charge is 0.465 e. The van der Waals surface area contributed by atoms with Crippen molar-refractivity contribution in [3.8, 4) is 0 Å². The molecule has 0 aliphatic heterocycles. The predicted octanol–water partition coefficient (Wildman–Crippen LogP) is 0.890. The van der Waals surface area contributed by atoms with E-state index in [1.165, 1.54) is 16.2 Å². The van der Waals surface area contributed by atoms with Crippen LogP contribution in [0, 0.1) is 0 Å². The van der Waals surface area contributed by atoms with Gasteiger partial charge in [0.1, 0.15) is 6.54 Å². The van der Waals surface area contributed by atoms with Crippen molar-refractivity contribution in [1.82, 2.24) is 10.2 Å². The SMILES string of the molecule is CCOC(=O)CN(CC)C(=O)CNC(=O)c1cccs1. The quantitative estimate of drug-likeness (QED) is 0.759. The molecule has 0 aliphatic carbocycles. The minimum Gasteiger partial charge on any atom is -0.465 e. The van der Waals surface area contributed by atoms with Gasteiger partial charge in [0.2, 0.25) is 5.91 Å². The average molecular weight is 298 g/mol. The Balaban J connectivity index is 2.43. The van der Waals surface area contributed by atoms with Gasteiger partial charge in [-0.05, 0) is 25.3 Å². The molecule has 0 fully saturated rings. The zero-order valence-electron chi connectivity index (χ0n) is 11.5. The summed E-state index contributed by atoms with van der Waals surface area (Å²) >= 11 is 1.30. The first-order valence-corrected chi connectivity index (χ1v) is 7.21. The molecule has 6 nitrogen and oxygen atoms in total. The standard InChI is InChI=1S/C13H18N2O4S/c1-3-15(9-12(17)19-4-2)11(16)8-14-13(18)10-6-5-7-20-10/h5-7H,3-4,8-9H2,1-2H3,(H,14,18). The highest BCUT2D eigenvalue weighted by atomic mass is 32.1. The first-order valence-electron chi connectivity index (χ1n) is 6.33. The van der Waals surface area contributed by atoms with E-state index in [0.29, 0.717) is 11.4 Å². The number of thiophene rings is 1. The number of carbonyl (C=O) groups excluding carboxylic acids is 3. The van der Waals surface area contributed by atoms with Crippen LogP contribution in [0.15, 0.2) is 17.5 Å². The fraction of sp³-hybridized carbons (Fsp3) is 0.462. The molecule has 0 aromatic carbocycles. The molecule has 2 amide bonds. The fourth-order valence-electron chi connectivity index (χ4n) is 1.50. The molecule has 0 atom stereocenters. The third-order valence-electron chi connectivity index (χ3n) is 2.50. The van der Waals surface area contributed by atoms with Gasteiger partial charge >= 0.3 is 5.97 Å². The second-order valence-corrected chi connectivity index (χ2v) is 4.82. The number of esters is 1. The lowest BCUT2D eigenvalue weighted by Gasteiger charge is -2.19. The first-order chi connectivity index (χ1) is 9.58. The summed E-state index contributed by atoms with van der Waals surface area (Å²) in [5.41, 5.74) is 0. The van der Waals surface area contributed by atoms with Crippen molar-refractivity contribution >= 4 is 29.1 Å². The van der Waals surface area contributed by atoms with Crippen LogP contribution in [-0.2, 0) is 14.3 Å². The van der Waals surface area contributed by atoms with E-state index in [2.05, 4.69) is 5.32 Å². The fourth-order valence-corrected chi connectivity index (χ4v) is 2.14. The molecule has 0 aliphatic rings. The van der Waals surface area contributed by atoms with E-state index in [4.69, 9.17) is 4.74 Å². The van der Waals surface area contributed by atoms with Crippen molar-refractivity contribution in [3.63, 3.8) is 0 Å². The number of nitrogens with one attached hydrogen (secondary N) is 1. The Morgan fingerprint density at radius 1 is 1.35 bits per heavy atom. The maximum Gasteiger partial charge on any atom is 0.325 e. The number of rotatable bonds is 7. The van der Waals surface area contributed by atoms with Crippen LogP contribution in [0.1, 0.15) is 23.5 Å². The number of likely N-dealkylation sites (N-methyl/N-ethyl adjacent to an activating group) is 1. The Bertz CT molecular complexity index is 459. The van der Waals surface area contributed by atoms with E-state index < -0.39 is 5.97 Å². The van der Waals surface area contributed by atoms with Crippen LogP contribution in [0.25, 0.3) is 0 Å². The van der Waals surface area contributed by atoms with Crippen molar-refractivity contribution in [3.05, 3.63) is 22.4 Å². The van der Waals surface area contributed by atoms with E-state index in [0.717, 1.165) is 0 Å². The van der Waals surface area contributed by atoms with Gasteiger partial charge in [-0.25, -0.2) is 0 Å². The van der Waals surface area contributed by atoms with Gasteiger partial charge in [-0.1, -0.05) is 6.07 Å². The maximum atomic E-state index is 11.9. The molecule has 1 heterocycles. The van der Waals surface area contributed by atoms with Crippen molar-refractivity contribution in [1.29, 1.82) is 0 Å². The molecule has 1 N–H and O–H groups in total. The molecule has 0 spiro atoms. The van der Waals surface area contributed by atoms with Crippen LogP contribution < -0.4 is 5.32 Å². The Kier molecular flexibility index (Phi) is 6.72.